The molecule has 0 spiro atoms. The monoisotopic (exact) mass is 160 g/mol. The van der Waals surface area contributed by atoms with Gasteiger partial charge in [0.15, 0.2) is 0 Å². The fourth-order valence-electron chi connectivity index (χ4n) is 1.29. The van der Waals surface area contributed by atoms with Crippen molar-refractivity contribution < 1.29 is 4.74 Å². The minimum atomic E-state index is 0.726. The lowest BCUT2D eigenvalue weighted by atomic mass is 10.0. The highest BCUT2D eigenvalue weighted by molar-refractivity contribution is 5.65. The Kier molecular flexibility index (Phi) is 2.19. The molecule has 2 heterocycles. The van der Waals surface area contributed by atoms with Gasteiger partial charge in [0.2, 0.25) is 0 Å². The van der Waals surface area contributed by atoms with E-state index in [1.54, 1.807) is 6.20 Å². The third-order valence-corrected chi connectivity index (χ3v) is 1.94. The largest absolute Gasteiger partial charge is 0.377 e. The molecular formula is C10H10NO. The topological polar surface area (TPSA) is 22.1 Å². The third-order valence-electron chi connectivity index (χ3n) is 1.94. The average Bonchev–Trinajstić information content (AvgIpc) is 2.21. The van der Waals surface area contributed by atoms with E-state index in [0.29, 0.717) is 0 Å². The summed E-state index contributed by atoms with van der Waals surface area (Å²) < 4.78 is 5.21. The second-order valence-electron chi connectivity index (χ2n) is 2.73. The Morgan fingerprint density at radius 3 is 3.17 bits per heavy atom. The molecule has 0 saturated carbocycles. The van der Waals surface area contributed by atoms with Crippen molar-refractivity contribution in [2.75, 3.05) is 13.2 Å². The van der Waals surface area contributed by atoms with Crippen molar-refractivity contribution >= 4 is 5.57 Å². The van der Waals surface area contributed by atoms with Crippen molar-refractivity contribution in [3.63, 3.8) is 0 Å². The Morgan fingerprint density at radius 2 is 2.50 bits per heavy atom. The molecule has 0 N–H and O–H groups in total. The molecule has 0 aliphatic carbocycles. The molecule has 1 aliphatic rings. The van der Waals surface area contributed by atoms with Crippen molar-refractivity contribution in [1.29, 1.82) is 0 Å². The van der Waals surface area contributed by atoms with Crippen LogP contribution in [0.2, 0.25) is 0 Å². The lowest BCUT2D eigenvalue weighted by molar-refractivity contribution is 0.161. The molecule has 0 amide bonds. The number of hydrogen-bond donors (Lipinski definition) is 0. The summed E-state index contributed by atoms with van der Waals surface area (Å²) in [6.07, 6.45) is 6.63. The SMILES string of the molecule is [c]1cncc(C2=CCOCC2)c1. The molecule has 1 radical (unpaired) electrons. The van der Waals surface area contributed by atoms with Crippen LogP contribution in [0.4, 0.5) is 0 Å². The fourth-order valence-corrected chi connectivity index (χ4v) is 1.29. The first-order valence-corrected chi connectivity index (χ1v) is 4.05. The van der Waals surface area contributed by atoms with Crippen molar-refractivity contribution in [1.82, 2.24) is 4.98 Å². The maximum absolute atomic E-state index is 5.21. The van der Waals surface area contributed by atoms with Gasteiger partial charge in [-0.25, -0.2) is 0 Å². The maximum Gasteiger partial charge on any atom is 0.0653 e. The highest BCUT2D eigenvalue weighted by atomic mass is 16.5. The summed E-state index contributed by atoms with van der Waals surface area (Å²) in [5, 5.41) is 0. The molecule has 0 bridgehead atoms. The van der Waals surface area contributed by atoms with Gasteiger partial charge in [0.05, 0.1) is 13.2 Å². The van der Waals surface area contributed by atoms with E-state index in [9.17, 15) is 0 Å². The zero-order chi connectivity index (χ0) is 8.23. The smallest absolute Gasteiger partial charge is 0.0653 e. The summed E-state index contributed by atoms with van der Waals surface area (Å²) in [6.45, 7) is 1.55. The van der Waals surface area contributed by atoms with Gasteiger partial charge < -0.3 is 4.74 Å². The number of nitrogens with zero attached hydrogens (tertiary/aromatic N) is 1. The molecule has 0 unspecified atom stereocenters. The van der Waals surface area contributed by atoms with Gasteiger partial charge in [-0.05, 0) is 23.6 Å². The van der Waals surface area contributed by atoms with Crippen LogP contribution in [-0.4, -0.2) is 18.2 Å². The molecule has 1 aromatic rings. The third kappa shape index (κ3) is 1.53. The first-order valence-electron chi connectivity index (χ1n) is 4.05. The van der Waals surface area contributed by atoms with Gasteiger partial charge >= 0.3 is 0 Å². The van der Waals surface area contributed by atoms with Crippen LogP contribution in [0.5, 0.6) is 0 Å². The van der Waals surface area contributed by atoms with E-state index >= 15 is 0 Å². The van der Waals surface area contributed by atoms with E-state index in [0.717, 1.165) is 19.6 Å². The predicted octanol–water partition coefficient (Wildman–Crippen LogP) is 1.69. The molecular weight excluding hydrogens is 150 g/mol. The van der Waals surface area contributed by atoms with Crippen LogP contribution in [-0.2, 0) is 4.74 Å². The van der Waals surface area contributed by atoms with Crippen LogP contribution in [0.3, 0.4) is 0 Å². The minimum absolute atomic E-state index is 0.726. The molecule has 61 valence electrons. The molecule has 2 nitrogen and oxygen atoms in total. The van der Waals surface area contributed by atoms with Crippen molar-refractivity contribution in [2.45, 2.75) is 6.42 Å². The number of aromatic nitrogens is 1. The molecule has 1 aliphatic heterocycles. The normalized spacial score (nSPS) is 17.2. The zero-order valence-electron chi connectivity index (χ0n) is 6.79. The van der Waals surface area contributed by atoms with Crippen molar-refractivity contribution in [3.05, 3.63) is 36.2 Å². The summed E-state index contributed by atoms with van der Waals surface area (Å²) in [4.78, 5) is 4.02. The lowest BCUT2D eigenvalue weighted by Gasteiger charge is -2.12. The van der Waals surface area contributed by atoms with E-state index in [1.165, 1.54) is 11.1 Å². The van der Waals surface area contributed by atoms with Gasteiger partial charge in [-0.15, -0.1) is 0 Å². The summed E-state index contributed by atoms with van der Waals surface area (Å²) in [7, 11) is 0. The zero-order valence-corrected chi connectivity index (χ0v) is 6.79. The van der Waals surface area contributed by atoms with Crippen molar-refractivity contribution in [2.24, 2.45) is 0 Å². The van der Waals surface area contributed by atoms with Crippen LogP contribution >= 0.6 is 0 Å². The van der Waals surface area contributed by atoms with Crippen LogP contribution in [0.1, 0.15) is 12.0 Å². The maximum atomic E-state index is 5.21. The predicted molar refractivity (Wildman–Crippen MR) is 46.5 cm³/mol. The second-order valence-corrected chi connectivity index (χ2v) is 2.73. The lowest BCUT2D eigenvalue weighted by Crippen LogP contribution is -2.03. The second kappa shape index (κ2) is 3.50. The molecule has 0 fully saturated rings. The number of rotatable bonds is 1. The van der Waals surface area contributed by atoms with Crippen molar-refractivity contribution in [3.8, 4) is 0 Å². The summed E-state index contributed by atoms with van der Waals surface area (Å²) in [5.41, 5.74) is 2.49. The van der Waals surface area contributed by atoms with Crippen LogP contribution in [0.25, 0.3) is 5.57 Å². The van der Waals surface area contributed by atoms with Gasteiger partial charge in [0.1, 0.15) is 0 Å². The quantitative estimate of drug-likeness (QED) is 0.623. The van der Waals surface area contributed by atoms with Crippen LogP contribution in [0, 0.1) is 6.07 Å². The van der Waals surface area contributed by atoms with Crippen LogP contribution < -0.4 is 0 Å². The highest BCUT2D eigenvalue weighted by Gasteiger charge is 2.04. The molecule has 1 aromatic heterocycles. The van der Waals surface area contributed by atoms with E-state index < -0.39 is 0 Å². The summed E-state index contributed by atoms with van der Waals surface area (Å²) >= 11 is 0. The minimum Gasteiger partial charge on any atom is -0.377 e. The van der Waals surface area contributed by atoms with Gasteiger partial charge in [-0.3, -0.25) is 4.98 Å². The fraction of sp³-hybridized carbons (Fsp3) is 0.300. The van der Waals surface area contributed by atoms with Gasteiger partial charge in [-0.2, -0.15) is 0 Å². The average molecular weight is 160 g/mol. The molecule has 2 heteroatoms. The van der Waals surface area contributed by atoms with E-state index in [1.807, 2.05) is 12.3 Å². The first kappa shape index (κ1) is 7.50. The Labute approximate surface area is 71.9 Å². The van der Waals surface area contributed by atoms with Gasteiger partial charge in [-0.1, -0.05) is 6.08 Å². The number of ether oxygens (including phenoxy) is 1. The van der Waals surface area contributed by atoms with Gasteiger partial charge in [0, 0.05) is 18.5 Å². The van der Waals surface area contributed by atoms with E-state index in [-0.39, 0.29) is 0 Å². The summed E-state index contributed by atoms with van der Waals surface area (Å²) in [6, 6.07) is 4.93. The Bertz CT molecular complexity index is 279. The molecule has 0 saturated heterocycles. The highest BCUT2D eigenvalue weighted by Crippen LogP contribution is 2.19. The first-order chi connectivity index (χ1) is 5.97. The molecule has 0 aromatic carbocycles. The number of hydrogen-bond acceptors (Lipinski definition) is 2. The number of pyridine rings is 1. The van der Waals surface area contributed by atoms with E-state index in [2.05, 4.69) is 17.1 Å². The van der Waals surface area contributed by atoms with E-state index in [4.69, 9.17) is 4.74 Å². The molecule has 12 heavy (non-hydrogen) atoms. The Hall–Kier alpha value is -1.15. The Morgan fingerprint density at radius 1 is 1.50 bits per heavy atom. The Balaban J connectivity index is 2.24. The molecule has 0 atom stereocenters. The van der Waals surface area contributed by atoms with Gasteiger partial charge in [0.25, 0.3) is 0 Å². The standard InChI is InChI=1S/C10H10NO/c1-2-10(8-11-5-1)9-3-6-12-7-4-9/h2-3,5,8H,4,6-7H2. The molecule has 2 rings (SSSR count). The van der Waals surface area contributed by atoms with Crippen LogP contribution in [0.15, 0.2) is 24.5 Å². The summed E-state index contributed by atoms with van der Waals surface area (Å²) in [5.74, 6) is 0.